The van der Waals surface area contributed by atoms with Crippen molar-refractivity contribution in [2.75, 3.05) is 17.1 Å². The van der Waals surface area contributed by atoms with Crippen molar-refractivity contribution in [2.24, 2.45) is 0 Å². The third kappa shape index (κ3) is 7.45. The molecule has 7 nitrogen and oxygen atoms in total. The summed E-state index contributed by atoms with van der Waals surface area (Å²) >= 11 is 6.38. The Morgan fingerprint density at radius 2 is 1.60 bits per heavy atom. The van der Waals surface area contributed by atoms with E-state index in [4.69, 9.17) is 11.6 Å². The summed E-state index contributed by atoms with van der Waals surface area (Å²) in [6, 6.07) is 11.7. The molecule has 0 saturated carbocycles. The van der Waals surface area contributed by atoms with E-state index < -0.39 is 28.5 Å². The van der Waals surface area contributed by atoms with E-state index >= 15 is 0 Å². The number of nitrogens with one attached hydrogen (secondary N) is 1. The summed E-state index contributed by atoms with van der Waals surface area (Å²) in [5.74, 6) is -0.760. The van der Waals surface area contributed by atoms with Gasteiger partial charge in [0.15, 0.2) is 0 Å². The van der Waals surface area contributed by atoms with Crippen LogP contribution >= 0.6 is 11.6 Å². The highest BCUT2D eigenvalue weighted by atomic mass is 35.5. The van der Waals surface area contributed by atoms with Crippen molar-refractivity contribution in [1.82, 2.24) is 10.2 Å². The van der Waals surface area contributed by atoms with Crippen molar-refractivity contribution in [3.05, 3.63) is 64.2 Å². The fraction of sp³-hybridized carbons (Fsp3) is 0.462. The summed E-state index contributed by atoms with van der Waals surface area (Å²) in [4.78, 5) is 28.4. The van der Waals surface area contributed by atoms with Gasteiger partial charge in [-0.3, -0.25) is 13.9 Å². The highest BCUT2D eigenvalue weighted by molar-refractivity contribution is 7.92. The molecule has 2 aromatic carbocycles. The van der Waals surface area contributed by atoms with E-state index in [1.165, 1.54) is 4.90 Å². The molecule has 0 fully saturated rings. The molecule has 0 saturated heterocycles. The van der Waals surface area contributed by atoms with Crippen LogP contribution in [0, 0.1) is 13.8 Å². The number of carbonyl (C=O) groups is 2. The molecule has 2 aromatic rings. The number of hydrogen-bond donors (Lipinski definition) is 1. The average Bonchev–Trinajstić information content (AvgIpc) is 2.78. The van der Waals surface area contributed by atoms with Gasteiger partial charge in [0, 0.05) is 17.6 Å². The zero-order chi connectivity index (χ0) is 26.3. The molecule has 0 aliphatic heterocycles. The number of anilines is 1. The van der Waals surface area contributed by atoms with Crippen molar-refractivity contribution in [1.29, 1.82) is 0 Å². The predicted octanol–water partition coefficient (Wildman–Crippen LogP) is 4.44. The minimum absolute atomic E-state index is 0.0593. The lowest BCUT2D eigenvalue weighted by Crippen LogP contribution is -2.53. The largest absolute Gasteiger partial charge is 0.352 e. The summed E-state index contributed by atoms with van der Waals surface area (Å²) in [5, 5.41) is 3.42. The summed E-state index contributed by atoms with van der Waals surface area (Å²) in [6.45, 7) is 8.96. The smallest absolute Gasteiger partial charge is 0.244 e. The Balaban J connectivity index is 2.51. The molecule has 0 aliphatic carbocycles. The summed E-state index contributed by atoms with van der Waals surface area (Å²) in [5.41, 5.74) is 2.62. The first-order valence-electron chi connectivity index (χ1n) is 11.8. The Morgan fingerprint density at radius 3 is 2.11 bits per heavy atom. The molecule has 0 unspecified atom stereocenters. The molecule has 2 amide bonds. The Hall–Kier alpha value is -2.58. The van der Waals surface area contributed by atoms with Crippen molar-refractivity contribution in [2.45, 2.75) is 66.1 Å². The molecule has 1 N–H and O–H groups in total. The molecule has 0 bridgehead atoms. The van der Waals surface area contributed by atoms with Crippen LogP contribution in [-0.2, 0) is 26.2 Å². The highest BCUT2D eigenvalue weighted by Crippen LogP contribution is 2.27. The van der Waals surface area contributed by atoms with Crippen molar-refractivity contribution < 1.29 is 18.0 Å². The van der Waals surface area contributed by atoms with Gasteiger partial charge in [-0.05, 0) is 56.4 Å². The highest BCUT2D eigenvalue weighted by Gasteiger charge is 2.33. The maximum atomic E-state index is 13.8. The van der Waals surface area contributed by atoms with Crippen molar-refractivity contribution in [3.8, 4) is 0 Å². The van der Waals surface area contributed by atoms with Gasteiger partial charge in [-0.15, -0.1) is 0 Å². The Labute approximate surface area is 214 Å². The summed E-state index contributed by atoms with van der Waals surface area (Å²) < 4.78 is 26.8. The topological polar surface area (TPSA) is 86.8 Å². The molecule has 35 heavy (non-hydrogen) atoms. The van der Waals surface area contributed by atoms with Crippen LogP contribution in [0.25, 0.3) is 0 Å². The number of nitrogens with zero attached hydrogens (tertiary/aromatic N) is 2. The minimum atomic E-state index is -3.79. The van der Waals surface area contributed by atoms with Gasteiger partial charge in [-0.1, -0.05) is 61.8 Å². The standard InChI is InChI=1S/C26H36ClN3O4S/c1-7-20(5)28-26(32)23(8-2)29(16-21-14-9-10-15-22(21)27)24(31)17-30(35(6,33)34)25-18(3)12-11-13-19(25)4/h9-15,20,23H,7-8,16-17H2,1-6H3,(H,28,32)/t20-,23-/m0/s1. The number of sulfonamides is 1. The lowest BCUT2D eigenvalue weighted by molar-refractivity contribution is -0.140. The first kappa shape index (κ1) is 28.7. The van der Waals surface area contributed by atoms with E-state index in [2.05, 4.69) is 5.32 Å². The van der Waals surface area contributed by atoms with E-state index in [1.807, 2.05) is 32.9 Å². The normalized spacial score (nSPS) is 13.1. The van der Waals surface area contributed by atoms with Gasteiger partial charge in [0.1, 0.15) is 12.6 Å². The van der Waals surface area contributed by atoms with Gasteiger partial charge >= 0.3 is 0 Å². The van der Waals surface area contributed by atoms with Crippen LogP contribution in [0.4, 0.5) is 5.69 Å². The molecule has 0 spiro atoms. The molecular formula is C26H36ClN3O4S. The van der Waals surface area contributed by atoms with E-state index in [9.17, 15) is 18.0 Å². The Kier molecular flexibility index (Phi) is 10.2. The van der Waals surface area contributed by atoms with Crippen LogP contribution in [0.3, 0.4) is 0 Å². The lowest BCUT2D eigenvalue weighted by Gasteiger charge is -2.34. The zero-order valence-electron chi connectivity index (χ0n) is 21.3. The molecule has 0 aromatic heterocycles. The van der Waals surface area contributed by atoms with Crippen LogP contribution in [0.15, 0.2) is 42.5 Å². The van der Waals surface area contributed by atoms with Crippen LogP contribution in [-0.4, -0.2) is 50.0 Å². The van der Waals surface area contributed by atoms with Gasteiger partial charge in [0.25, 0.3) is 0 Å². The molecular weight excluding hydrogens is 486 g/mol. The van der Waals surface area contributed by atoms with E-state index in [-0.39, 0.29) is 18.5 Å². The van der Waals surface area contributed by atoms with E-state index in [0.717, 1.165) is 28.1 Å². The van der Waals surface area contributed by atoms with Crippen LogP contribution in [0.2, 0.25) is 5.02 Å². The Bertz CT molecular complexity index is 1130. The van der Waals surface area contributed by atoms with E-state index in [1.54, 1.807) is 44.2 Å². The first-order chi connectivity index (χ1) is 16.4. The quantitative estimate of drug-likeness (QED) is 0.473. The minimum Gasteiger partial charge on any atom is -0.352 e. The molecule has 0 aliphatic rings. The second-order valence-electron chi connectivity index (χ2n) is 8.87. The van der Waals surface area contributed by atoms with Crippen LogP contribution < -0.4 is 9.62 Å². The molecule has 2 atom stereocenters. The second-order valence-corrected chi connectivity index (χ2v) is 11.2. The SMILES string of the molecule is CC[C@H](C)NC(=O)[C@H](CC)N(Cc1ccccc1Cl)C(=O)CN(c1c(C)cccc1C)S(C)(=O)=O. The fourth-order valence-electron chi connectivity index (χ4n) is 3.95. The predicted molar refractivity (Wildman–Crippen MR) is 142 cm³/mol. The number of halogens is 1. The van der Waals surface area contributed by atoms with Gasteiger partial charge in [-0.25, -0.2) is 8.42 Å². The molecule has 0 radical (unpaired) electrons. The lowest BCUT2D eigenvalue weighted by atomic mass is 10.1. The number of aryl methyl sites for hydroxylation is 2. The average molecular weight is 522 g/mol. The second kappa shape index (κ2) is 12.4. The number of amides is 2. The number of para-hydroxylation sites is 1. The number of carbonyl (C=O) groups excluding carboxylic acids is 2. The van der Waals surface area contributed by atoms with Gasteiger partial charge in [-0.2, -0.15) is 0 Å². The van der Waals surface area contributed by atoms with Gasteiger partial charge in [0.05, 0.1) is 11.9 Å². The summed E-state index contributed by atoms with van der Waals surface area (Å²) in [6.07, 6.45) is 2.19. The Morgan fingerprint density at radius 1 is 1.00 bits per heavy atom. The number of rotatable bonds is 11. The zero-order valence-corrected chi connectivity index (χ0v) is 22.9. The van der Waals surface area contributed by atoms with Gasteiger partial charge in [0.2, 0.25) is 21.8 Å². The maximum Gasteiger partial charge on any atom is 0.244 e. The molecule has 9 heteroatoms. The third-order valence-electron chi connectivity index (χ3n) is 6.05. The van der Waals surface area contributed by atoms with Gasteiger partial charge < -0.3 is 10.2 Å². The number of benzene rings is 2. The van der Waals surface area contributed by atoms with Crippen LogP contribution in [0.5, 0.6) is 0 Å². The van der Waals surface area contributed by atoms with Crippen LogP contribution in [0.1, 0.15) is 50.3 Å². The first-order valence-corrected chi connectivity index (χ1v) is 14.0. The van der Waals surface area contributed by atoms with E-state index in [0.29, 0.717) is 22.7 Å². The monoisotopic (exact) mass is 521 g/mol. The number of hydrogen-bond acceptors (Lipinski definition) is 4. The third-order valence-corrected chi connectivity index (χ3v) is 7.53. The molecule has 192 valence electrons. The maximum absolute atomic E-state index is 13.8. The van der Waals surface area contributed by atoms with Crippen molar-refractivity contribution >= 4 is 39.1 Å². The fourth-order valence-corrected chi connectivity index (χ4v) is 5.11. The summed E-state index contributed by atoms with van der Waals surface area (Å²) in [7, 11) is -3.79. The van der Waals surface area contributed by atoms with Crippen molar-refractivity contribution in [3.63, 3.8) is 0 Å². The molecule has 0 heterocycles. The molecule has 2 rings (SSSR count).